The van der Waals surface area contributed by atoms with Crippen molar-refractivity contribution in [1.29, 1.82) is 0 Å². The van der Waals surface area contributed by atoms with E-state index in [-0.39, 0.29) is 5.02 Å². The average Bonchev–Trinajstić information content (AvgIpc) is 2.08. The Morgan fingerprint density at radius 3 is 2.33 bits per heavy atom. The largest absolute Gasteiger partial charge is 0.573 e. The van der Waals surface area contributed by atoms with Crippen LogP contribution in [0, 0.1) is 0 Å². The van der Waals surface area contributed by atoms with Gasteiger partial charge in [0.25, 0.3) is 0 Å². The summed E-state index contributed by atoms with van der Waals surface area (Å²) in [7, 11) is 1.38. The number of benzene rings is 1. The first kappa shape index (κ1) is 12.4. The maximum Gasteiger partial charge on any atom is 0.573 e. The lowest BCUT2D eigenvalue weighted by atomic mass is 10.3. The SMILES string of the molecule is COc1cc(Cl)c(OC(F)(F)F)cc1Br. The van der Waals surface area contributed by atoms with E-state index < -0.39 is 12.1 Å². The van der Waals surface area contributed by atoms with Gasteiger partial charge in [0.1, 0.15) is 11.5 Å². The molecule has 0 saturated heterocycles. The van der Waals surface area contributed by atoms with E-state index in [4.69, 9.17) is 16.3 Å². The highest BCUT2D eigenvalue weighted by atomic mass is 79.9. The molecule has 0 amide bonds. The van der Waals surface area contributed by atoms with Crippen LogP contribution >= 0.6 is 27.5 Å². The molecule has 1 rings (SSSR count). The zero-order valence-electron chi connectivity index (χ0n) is 7.36. The van der Waals surface area contributed by atoms with Crippen molar-refractivity contribution in [3.05, 3.63) is 21.6 Å². The van der Waals surface area contributed by atoms with E-state index in [1.165, 1.54) is 13.2 Å². The number of hydrogen-bond acceptors (Lipinski definition) is 2. The van der Waals surface area contributed by atoms with E-state index in [0.29, 0.717) is 10.2 Å². The van der Waals surface area contributed by atoms with Crippen LogP contribution in [0.3, 0.4) is 0 Å². The second-order valence-electron chi connectivity index (χ2n) is 2.46. The van der Waals surface area contributed by atoms with E-state index in [0.717, 1.165) is 6.07 Å². The first-order valence-corrected chi connectivity index (χ1v) is 4.79. The Morgan fingerprint density at radius 1 is 1.27 bits per heavy atom. The molecule has 0 fully saturated rings. The number of alkyl halides is 3. The van der Waals surface area contributed by atoms with Gasteiger partial charge in [-0.1, -0.05) is 11.6 Å². The van der Waals surface area contributed by atoms with Crippen LogP contribution in [0.4, 0.5) is 13.2 Å². The summed E-state index contributed by atoms with van der Waals surface area (Å²) >= 11 is 8.58. The van der Waals surface area contributed by atoms with Crippen LogP contribution in [0.2, 0.25) is 5.02 Å². The number of ether oxygens (including phenoxy) is 2. The Morgan fingerprint density at radius 2 is 1.87 bits per heavy atom. The van der Waals surface area contributed by atoms with Gasteiger partial charge in [0.2, 0.25) is 0 Å². The third-order valence-electron chi connectivity index (χ3n) is 1.43. The van der Waals surface area contributed by atoms with Gasteiger partial charge < -0.3 is 9.47 Å². The van der Waals surface area contributed by atoms with Crippen molar-refractivity contribution in [1.82, 2.24) is 0 Å². The quantitative estimate of drug-likeness (QED) is 0.822. The molecular weight excluding hydrogens is 300 g/mol. The Kier molecular flexibility index (Phi) is 3.72. The molecule has 0 aliphatic carbocycles. The Balaban J connectivity index is 3.05. The summed E-state index contributed by atoms with van der Waals surface area (Å²) in [5, 5.41) is -0.174. The van der Waals surface area contributed by atoms with Gasteiger partial charge in [-0.15, -0.1) is 13.2 Å². The molecule has 7 heteroatoms. The van der Waals surface area contributed by atoms with Gasteiger partial charge in [-0.3, -0.25) is 0 Å². The molecular formula is C8H5BrClF3O2. The smallest absolute Gasteiger partial charge is 0.496 e. The standard InChI is InChI=1S/C8H5BrClF3O2/c1-14-6-3-5(10)7(2-4(6)9)15-8(11,12)13/h2-3H,1H3. The fourth-order valence-electron chi connectivity index (χ4n) is 0.870. The van der Waals surface area contributed by atoms with E-state index in [1.54, 1.807) is 0 Å². The normalized spacial score (nSPS) is 11.3. The maximum atomic E-state index is 11.9. The molecule has 1 aromatic carbocycles. The third kappa shape index (κ3) is 3.46. The maximum absolute atomic E-state index is 11.9. The lowest BCUT2D eigenvalue weighted by Gasteiger charge is -2.12. The van der Waals surface area contributed by atoms with Crippen LogP contribution in [-0.4, -0.2) is 13.5 Å². The highest BCUT2D eigenvalue weighted by molar-refractivity contribution is 9.10. The number of hydrogen-bond donors (Lipinski definition) is 0. The van der Waals surface area contributed by atoms with Crippen LogP contribution in [-0.2, 0) is 0 Å². The molecule has 84 valence electrons. The van der Waals surface area contributed by atoms with Crippen molar-refractivity contribution in [2.45, 2.75) is 6.36 Å². The van der Waals surface area contributed by atoms with E-state index in [2.05, 4.69) is 20.7 Å². The van der Waals surface area contributed by atoms with E-state index >= 15 is 0 Å². The van der Waals surface area contributed by atoms with Crippen LogP contribution in [0.15, 0.2) is 16.6 Å². The molecule has 0 saturated carbocycles. The fourth-order valence-corrected chi connectivity index (χ4v) is 1.55. The molecule has 0 spiro atoms. The van der Waals surface area contributed by atoms with Gasteiger partial charge in [0, 0.05) is 12.1 Å². The molecule has 2 nitrogen and oxygen atoms in total. The number of rotatable bonds is 2. The van der Waals surface area contributed by atoms with Crippen molar-refractivity contribution in [3.8, 4) is 11.5 Å². The van der Waals surface area contributed by atoms with Crippen LogP contribution in [0.5, 0.6) is 11.5 Å². The molecule has 0 aromatic heterocycles. The second-order valence-corrected chi connectivity index (χ2v) is 3.73. The summed E-state index contributed by atoms with van der Waals surface area (Å²) < 4.78 is 44.6. The highest BCUT2D eigenvalue weighted by Gasteiger charge is 2.32. The molecule has 0 aliphatic heterocycles. The highest BCUT2D eigenvalue weighted by Crippen LogP contribution is 2.37. The molecule has 0 heterocycles. The summed E-state index contributed by atoms with van der Waals surface area (Å²) in [5.41, 5.74) is 0. The predicted molar refractivity (Wildman–Crippen MR) is 52.4 cm³/mol. The topological polar surface area (TPSA) is 18.5 Å². The Labute approximate surface area is 97.1 Å². The monoisotopic (exact) mass is 304 g/mol. The average molecular weight is 305 g/mol. The summed E-state index contributed by atoms with van der Waals surface area (Å²) in [6, 6.07) is 2.32. The molecule has 0 atom stereocenters. The van der Waals surface area contributed by atoms with Crippen LogP contribution < -0.4 is 9.47 Å². The van der Waals surface area contributed by atoms with Crippen molar-refractivity contribution in [2.24, 2.45) is 0 Å². The molecule has 0 radical (unpaired) electrons. The zero-order valence-corrected chi connectivity index (χ0v) is 9.70. The lowest BCUT2D eigenvalue weighted by molar-refractivity contribution is -0.274. The van der Waals surface area contributed by atoms with Crippen molar-refractivity contribution < 1.29 is 22.6 Å². The minimum atomic E-state index is -4.77. The fraction of sp³-hybridized carbons (Fsp3) is 0.250. The molecule has 0 bridgehead atoms. The minimum Gasteiger partial charge on any atom is -0.496 e. The van der Waals surface area contributed by atoms with Crippen LogP contribution in [0.25, 0.3) is 0 Å². The third-order valence-corrected chi connectivity index (χ3v) is 2.35. The lowest BCUT2D eigenvalue weighted by Crippen LogP contribution is -2.17. The van der Waals surface area contributed by atoms with Gasteiger partial charge in [0.05, 0.1) is 16.6 Å². The van der Waals surface area contributed by atoms with Crippen molar-refractivity contribution >= 4 is 27.5 Å². The second kappa shape index (κ2) is 4.49. The van der Waals surface area contributed by atoms with Gasteiger partial charge in [-0.05, 0) is 15.9 Å². The first-order valence-electron chi connectivity index (χ1n) is 3.62. The van der Waals surface area contributed by atoms with E-state index in [9.17, 15) is 13.2 Å². The summed E-state index contributed by atoms with van der Waals surface area (Å²) in [4.78, 5) is 0. The molecule has 0 aliphatic rings. The Bertz CT molecular complexity index is 368. The minimum absolute atomic E-state index is 0.174. The van der Waals surface area contributed by atoms with Crippen LogP contribution in [0.1, 0.15) is 0 Å². The molecule has 15 heavy (non-hydrogen) atoms. The molecule has 0 unspecified atom stereocenters. The number of methoxy groups -OCH3 is 1. The molecule has 1 aromatic rings. The van der Waals surface area contributed by atoms with Crippen molar-refractivity contribution in [2.75, 3.05) is 7.11 Å². The Hall–Kier alpha value is -0.620. The van der Waals surface area contributed by atoms with E-state index in [1.807, 2.05) is 0 Å². The number of halogens is 5. The van der Waals surface area contributed by atoms with Gasteiger partial charge >= 0.3 is 6.36 Å². The summed E-state index contributed by atoms with van der Waals surface area (Å²) in [5.74, 6) is -0.147. The predicted octanol–water partition coefficient (Wildman–Crippen LogP) is 4.01. The van der Waals surface area contributed by atoms with Crippen molar-refractivity contribution in [3.63, 3.8) is 0 Å². The zero-order chi connectivity index (χ0) is 11.6. The van der Waals surface area contributed by atoms with Gasteiger partial charge in [0.15, 0.2) is 0 Å². The first-order chi connectivity index (χ1) is 6.83. The van der Waals surface area contributed by atoms with Gasteiger partial charge in [-0.25, -0.2) is 0 Å². The summed E-state index contributed by atoms with van der Waals surface area (Å²) in [6.07, 6.45) is -4.77. The molecule has 0 N–H and O–H groups in total. The summed E-state index contributed by atoms with van der Waals surface area (Å²) in [6.45, 7) is 0. The van der Waals surface area contributed by atoms with Gasteiger partial charge in [-0.2, -0.15) is 0 Å².